The van der Waals surface area contributed by atoms with Crippen LogP contribution in [0.4, 0.5) is 11.4 Å². The maximum Gasteiger partial charge on any atom is 0.335 e. The topological polar surface area (TPSA) is 36.0 Å². The summed E-state index contributed by atoms with van der Waals surface area (Å²) in [6.45, 7) is 3.27. The second-order valence-corrected chi connectivity index (χ2v) is 8.30. The molecule has 4 rings (SSSR count). The van der Waals surface area contributed by atoms with Gasteiger partial charge in [-0.3, -0.25) is 13.9 Å². The maximum absolute atomic E-state index is 13.9. The van der Waals surface area contributed by atoms with Crippen molar-refractivity contribution in [3.63, 3.8) is 0 Å². The Morgan fingerprint density at radius 3 is 1.96 bits per heavy atom. The Balaban J connectivity index is 1.72. The Bertz CT molecular complexity index is 735. The second kappa shape index (κ2) is 5.59. The van der Waals surface area contributed by atoms with Crippen molar-refractivity contribution in [1.29, 1.82) is 0 Å². The molecule has 2 saturated heterocycles. The van der Waals surface area contributed by atoms with Gasteiger partial charge in [0.05, 0.1) is 7.11 Å². The number of para-hydroxylation sites is 1. The van der Waals surface area contributed by atoms with Gasteiger partial charge in [-0.05, 0) is 36.4 Å². The zero-order chi connectivity index (χ0) is 15.9. The van der Waals surface area contributed by atoms with Crippen LogP contribution >= 0.6 is 7.59 Å². The number of ether oxygens (including phenoxy) is 1. The molecule has 2 aromatic rings. The Morgan fingerprint density at radius 1 is 0.826 bits per heavy atom. The van der Waals surface area contributed by atoms with Crippen LogP contribution in [0, 0.1) is 0 Å². The molecule has 1 atom stereocenters. The number of anilines is 2. The van der Waals surface area contributed by atoms with Crippen LogP contribution in [0.3, 0.4) is 0 Å². The molecule has 0 saturated carbocycles. The summed E-state index contributed by atoms with van der Waals surface area (Å²) < 4.78 is 25.4. The molecule has 0 amide bonds. The average Bonchev–Trinajstić information content (AvgIpc) is 3.10. The third-order valence-corrected chi connectivity index (χ3v) is 7.82. The lowest BCUT2D eigenvalue weighted by Gasteiger charge is -2.33. The van der Waals surface area contributed by atoms with Gasteiger partial charge in [0.1, 0.15) is 5.75 Å². The van der Waals surface area contributed by atoms with Crippen molar-refractivity contribution in [3.05, 3.63) is 54.6 Å². The van der Waals surface area contributed by atoms with Gasteiger partial charge < -0.3 is 4.74 Å². The lowest BCUT2D eigenvalue weighted by Crippen LogP contribution is -2.26. The number of nitrogens with zero attached hydrogens (tertiary/aromatic N) is 3. The van der Waals surface area contributed by atoms with E-state index in [9.17, 15) is 4.57 Å². The predicted octanol–water partition coefficient (Wildman–Crippen LogP) is 3.45. The molecule has 6 heteroatoms. The van der Waals surface area contributed by atoms with Crippen molar-refractivity contribution in [2.24, 2.45) is 0 Å². The minimum Gasteiger partial charge on any atom is -0.497 e. The number of fused-ring (bicyclic) bond motifs is 1. The van der Waals surface area contributed by atoms with E-state index >= 15 is 0 Å². The molecule has 0 aliphatic carbocycles. The van der Waals surface area contributed by atoms with Crippen LogP contribution in [0.1, 0.15) is 0 Å². The molecule has 5 nitrogen and oxygen atoms in total. The molecule has 2 fully saturated rings. The van der Waals surface area contributed by atoms with E-state index in [4.69, 9.17) is 4.74 Å². The molecule has 1 unspecified atom stereocenters. The summed E-state index contributed by atoms with van der Waals surface area (Å²) in [7, 11) is -1.10. The van der Waals surface area contributed by atoms with Gasteiger partial charge in [-0.2, -0.15) is 0 Å². The Labute approximate surface area is 136 Å². The molecule has 0 N–H and O–H groups in total. The largest absolute Gasteiger partial charge is 0.497 e. The average molecular weight is 329 g/mol. The summed E-state index contributed by atoms with van der Waals surface area (Å²) in [5.74, 6) is 0.814. The van der Waals surface area contributed by atoms with Crippen molar-refractivity contribution in [3.8, 4) is 5.75 Å². The lowest BCUT2D eigenvalue weighted by atomic mass is 10.3. The quantitative estimate of drug-likeness (QED) is 0.806. The van der Waals surface area contributed by atoms with E-state index in [1.807, 2.05) is 54.6 Å². The second-order valence-electron chi connectivity index (χ2n) is 5.75. The number of hydrogen-bond acceptors (Lipinski definition) is 2. The molecular formula is C17H20N3O2P. The molecular weight excluding hydrogens is 309 g/mol. The van der Waals surface area contributed by atoms with Crippen molar-refractivity contribution >= 4 is 19.0 Å². The van der Waals surface area contributed by atoms with E-state index in [1.165, 1.54) is 0 Å². The van der Waals surface area contributed by atoms with Gasteiger partial charge in [0.25, 0.3) is 0 Å². The van der Waals surface area contributed by atoms with E-state index in [-0.39, 0.29) is 0 Å². The predicted molar refractivity (Wildman–Crippen MR) is 93.3 cm³/mol. The highest BCUT2D eigenvalue weighted by Crippen LogP contribution is 2.65. The molecule has 23 heavy (non-hydrogen) atoms. The summed E-state index contributed by atoms with van der Waals surface area (Å²) in [4.78, 5) is 0. The van der Waals surface area contributed by atoms with Crippen LogP contribution in [0.25, 0.3) is 0 Å². The third kappa shape index (κ3) is 2.23. The van der Waals surface area contributed by atoms with Gasteiger partial charge in [0.2, 0.25) is 0 Å². The zero-order valence-electron chi connectivity index (χ0n) is 13.1. The van der Waals surface area contributed by atoms with Gasteiger partial charge in [0, 0.05) is 37.6 Å². The van der Waals surface area contributed by atoms with Gasteiger partial charge in [-0.25, -0.2) is 4.67 Å². The van der Waals surface area contributed by atoms with Crippen LogP contribution in [0.2, 0.25) is 0 Å². The first-order chi connectivity index (χ1) is 11.2. The van der Waals surface area contributed by atoms with Crippen molar-refractivity contribution < 1.29 is 9.30 Å². The first-order valence-corrected chi connectivity index (χ1v) is 9.40. The van der Waals surface area contributed by atoms with Crippen LogP contribution < -0.4 is 14.1 Å². The molecule has 2 aliphatic rings. The summed E-state index contributed by atoms with van der Waals surface area (Å²) in [6.07, 6.45) is 0. The van der Waals surface area contributed by atoms with E-state index in [0.717, 1.165) is 43.3 Å². The normalized spacial score (nSPS) is 24.0. The highest BCUT2D eigenvalue weighted by Gasteiger charge is 2.52. The smallest absolute Gasteiger partial charge is 0.335 e. The van der Waals surface area contributed by atoms with Gasteiger partial charge in [-0.15, -0.1) is 0 Å². The first-order valence-electron chi connectivity index (χ1n) is 7.84. The first kappa shape index (κ1) is 14.6. The third-order valence-electron chi connectivity index (χ3n) is 4.56. The summed E-state index contributed by atoms with van der Waals surface area (Å²) >= 11 is 0. The molecule has 2 aromatic carbocycles. The Hall–Kier alpha value is -1.97. The molecule has 0 radical (unpaired) electrons. The van der Waals surface area contributed by atoms with Crippen LogP contribution in [0.15, 0.2) is 54.6 Å². The number of hydrogen-bond donors (Lipinski definition) is 0. The van der Waals surface area contributed by atoms with E-state index in [2.05, 4.69) is 14.0 Å². The molecule has 0 bridgehead atoms. The summed E-state index contributed by atoms with van der Waals surface area (Å²) in [6, 6.07) is 17.9. The van der Waals surface area contributed by atoms with Crippen molar-refractivity contribution in [2.75, 3.05) is 42.6 Å². The van der Waals surface area contributed by atoms with Gasteiger partial charge in [0.15, 0.2) is 0 Å². The number of rotatable bonds is 3. The van der Waals surface area contributed by atoms with Crippen LogP contribution in [-0.4, -0.2) is 38.0 Å². The summed E-state index contributed by atoms with van der Waals surface area (Å²) in [5, 5.41) is 0. The fourth-order valence-electron chi connectivity index (χ4n) is 3.40. The fourth-order valence-corrected chi connectivity index (χ4v) is 6.54. The van der Waals surface area contributed by atoms with E-state index in [0.29, 0.717) is 0 Å². The van der Waals surface area contributed by atoms with E-state index in [1.54, 1.807) is 7.11 Å². The van der Waals surface area contributed by atoms with Crippen LogP contribution in [0.5, 0.6) is 5.75 Å². The molecule has 2 aliphatic heterocycles. The molecule has 120 valence electrons. The summed E-state index contributed by atoms with van der Waals surface area (Å²) in [5.41, 5.74) is 2.01. The number of benzene rings is 2. The highest BCUT2D eigenvalue weighted by molar-refractivity contribution is 7.65. The fraction of sp³-hybridized carbons (Fsp3) is 0.294. The van der Waals surface area contributed by atoms with Crippen molar-refractivity contribution in [2.45, 2.75) is 0 Å². The SMILES string of the molecule is COc1ccc(N2CCN3CCN(c4ccccc4)P32=O)cc1. The van der Waals surface area contributed by atoms with E-state index < -0.39 is 7.59 Å². The molecule has 0 spiro atoms. The zero-order valence-corrected chi connectivity index (χ0v) is 14.0. The van der Waals surface area contributed by atoms with Gasteiger partial charge >= 0.3 is 7.59 Å². The lowest BCUT2D eigenvalue weighted by molar-refractivity contribution is 0.415. The number of methoxy groups -OCH3 is 1. The maximum atomic E-state index is 13.9. The Morgan fingerprint density at radius 2 is 1.39 bits per heavy atom. The Kier molecular flexibility index (Phi) is 3.55. The monoisotopic (exact) mass is 329 g/mol. The van der Waals surface area contributed by atoms with Crippen LogP contribution in [-0.2, 0) is 4.57 Å². The molecule has 0 aromatic heterocycles. The minimum absolute atomic E-state index is 0.785. The molecule has 2 heterocycles. The standard InChI is InChI=1S/C17H20N3O2P/c1-22-17-9-7-16(8-10-17)20-14-12-18-11-13-19(23(18,20)21)15-5-3-2-4-6-15/h2-10H,11-14H2,1H3. The highest BCUT2D eigenvalue weighted by atomic mass is 31.2. The minimum atomic E-state index is -2.76. The van der Waals surface area contributed by atoms with Crippen molar-refractivity contribution in [1.82, 2.24) is 4.67 Å². The van der Waals surface area contributed by atoms with Gasteiger partial charge in [-0.1, -0.05) is 18.2 Å².